The second-order valence-electron chi connectivity index (χ2n) is 2.85. The van der Waals surface area contributed by atoms with Crippen LogP contribution in [0.4, 0.5) is 0 Å². The molecule has 1 rings (SSSR count). The smallest absolute Gasteiger partial charge is 0.272 e. The molecule has 0 aromatic heterocycles. The van der Waals surface area contributed by atoms with Crippen molar-refractivity contribution in [3.63, 3.8) is 0 Å². The Morgan fingerprint density at radius 2 is 2.27 bits per heavy atom. The summed E-state index contributed by atoms with van der Waals surface area (Å²) in [7, 11) is 1.40. The third kappa shape index (κ3) is 3.59. The molecule has 0 amide bonds. The molecule has 0 radical (unpaired) electrons. The third-order valence-electron chi connectivity index (χ3n) is 1.83. The zero-order valence-electron chi connectivity index (χ0n) is 8.14. The Kier molecular flexibility index (Phi) is 4.12. The van der Waals surface area contributed by atoms with E-state index in [0.717, 1.165) is 11.8 Å². The SMILES string of the molecule is COC(=C[N+](=O)[O-])Cc1ccccc1Cl. The number of methoxy groups -OCH3 is 1. The number of hydrogen-bond donors (Lipinski definition) is 0. The van der Waals surface area contributed by atoms with Crippen LogP contribution in [-0.2, 0) is 11.2 Å². The minimum atomic E-state index is -0.546. The largest absolute Gasteiger partial charge is 0.494 e. The summed E-state index contributed by atoms with van der Waals surface area (Å²) in [4.78, 5) is 9.71. The van der Waals surface area contributed by atoms with E-state index < -0.39 is 4.92 Å². The highest BCUT2D eigenvalue weighted by Gasteiger charge is 2.07. The lowest BCUT2D eigenvalue weighted by Gasteiger charge is -2.04. The van der Waals surface area contributed by atoms with E-state index in [9.17, 15) is 10.1 Å². The molecule has 0 aliphatic carbocycles. The van der Waals surface area contributed by atoms with Gasteiger partial charge in [-0.25, -0.2) is 0 Å². The van der Waals surface area contributed by atoms with Gasteiger partial charge in [0.1, 0.15) is 0 Å². The molecule has 15 heavy (non-hydrogen) atoms. The van der Waals surface area contributed by atoms with E-state index in [1.54, 1.807) is 18.2 Å². The van der Waals surface area contributed by atoms with E-state index in [4.69, 9.17) is 16.3 Å². The maximum absolute atomic E-state index is 10.3. The fourth-order valence-corrected chi connectivity index (χ4v) is 1.32. The van der Waals surface area contributed by atoms with Crippen molar-refractivity contribution in [1.29, 1.82) is 0 Å². The van der Waals surface area contributed by atoms with E-state index >= 15 is 0 Å². The molecule has 1 aromatic rings. The van der Waals surface area contributed by atoms with Gasteiger partial charge in [0.05, 0.1) is 12.0 Å². The summed E-state index contributed by atoms with van der Waals surface area (Å²) in [6.45, 7) is 0. The monoisotopic (exact) mass is 227 g/mol. The Bertz CT molecular complexity index is 390. The topological polar surface area (TPSA) is 52.4 Å². The minimum Gasteiger partial charge on any atom is -0.494 e. The lowest BCUT2D eigenvalue weighted by Crippen LogP contribution is -1.98. The number of hydrogen-bond acceptors (Lipinski definition) is 3. The van der Waals surface area contributed by atoms with Gasteiger partial charge in [0.15, 0.2) is 5.76 Å². The number of benzene rings is 1. The predicted molar refractivity (Wildman–Crippen MR) is 57.2 cm³/mol. The molecule has 0 bridgehead atoms. The fourth-order valence-electron chi connectivity index (χ4n) is 1.12. The molecule has 4 nitrogen and oxygen atoms in total. The summed E-state index contributed by atoms with van der Waals surface area (Å²) in [5.41, 5.74) is 0.800. The molecule has 0 aliphatic rings. The summed E-state index contributed by atoms with van der Waals surface area (Å²) in [6.07, 6.45) is 1.15. The van der Waals surface area contributed by atoms with Crippen LogP contribution in [0.1, 0.15) is 5.56 Å². The van der Waals surface area contributed by atoms with Crippen molar-refractivity contribution in [2.45, 2.75) is 6.42 Å². The van der Waals surface area contributed by atoms with Crippen LogP contribution in [-0.4, -0.2) is 12.0 Å². The van der Waals surface area contributed by atoms with Crippen LogP contribution in [0, 0.1) is 10.1 Å². The highest BCUT2D eigenvalue weighted by atomic mass is 35.5. The molecule has 80 valence electrons. The molecular formula is C10H10ClNO3. The predicted octanol–water partition coefficient (Wildman–Crippen LogP) is 2.65. The number of allylic oxidation sites excluding steroid dienone is 1. The van der Waals surface area contributed by atoms with Gasteiger partial charge in [-0.15, -0.1) is 0 Å². The highest BCUT2D eigenvalue weighted by molar-refractivity contribution is 6.31. The van der Waals surface area contributed by atoms with Crippen molar-refractivity contribution in [3.8, 4) is 0 Å². The van der Waals surface area contributed by atoms with Crippen LogP contribution in [0.15, 0.2) is 36.2 Å². The van der Waals surface area contributed by atoms with E-state index in [1.165, 1.54) is 7.11 Å². The fraction of sp³-hybridized carbons (Fsp3) is 0.200. The molecule has 5 heteroatoms. The summed E-state index contributed by atoms with van der Waals surface area (Å²) in [5, 5.41) is 10.8. The van der Waals surface area contributed by atoms with Crippen LogP contribution in [0.25, 0.3) is 0 Å². The van der Waals surface area contributed by atoms with E-state index in [0.29, 0.717) is 11.4 Å². The highest BCUT2D eigenvalue weighted by Crippen LogP contribution is 2.18. The lowest BCUT2D eigenvalue weighted by molar-refractivity contribution is -0.405. The summed E-state index contributed by atoms with van der Waals surface area (Å²) in [6, 6.07) is 7.15. The Morgan fingerprint density at radius 1 is 1.60 bits per heavy atom. The summed E-state index contributed by atoms with van der Waals surface area (Å²) >= 11 is 5.91. The number of nitro groups is 1. The van der Waals surface area contributed by atoms with Gasteiger partial charge >= 0.3 is 0 Å². The van der Waals surface area contributed by atoms with E-state index in [2.05, 4.69) is 0 Å². The van der Waals surface area contributed by atoms with Crippen molar-refractivity contribution in [3.05, 3.63) is 56.9 Å². The second-order valence-corrected chi connectivity index (χ2v) is 3.26. The molecule has 0 atom stereocenters. The van der Waals surface area contributed by atoms with Crippen LogP contribution in [0.2, 0.25) is 5.02 Å². The standard InChI is InChI=1S/C10H10ClNO3/c1-15-9(7-12(13)14)6-8-4-2-3-5-10(8)11/h2-5,7H,6H2,1H3. The van der Waals surface area contributed by atoms with E-state index in [1.807, 2.05) is 6.07 Å². The maximum atomic E-state index is 10.3. The lowest BCUT2D eigenvalue weighted by atomic mass is 10.1. The molecular weight excluding hydrogens is 218 g/mol. The molecule has 0 fully saturated rings. The Morgan fingerprint density at radius 3 is 2.80 bits per heavy atom. The van der Waals surface area contributed by atoms with Crippen LogP contribution in [0.5, 0.6) is 0 Å². The number of ether oxygens (including phenoxy) is 1. The van der Waals surface area contributed by atoms with Crippen molar-refractivity contribution in [2.24, 2.45) is 0 Å². The maximum Gasteiger partial charge on any atom is 0.272 e. The zero-order valence-corrected chi connectivity index (χ0v) is 8.90. The number of halogens is 1. The molecule has 0 unspecified atom stereocenters. The molecule has 0 saturated heterocycles. The zero-order chi connectivity index (χ0) is 11.3. The number of nitrogens with zero attached hydrogens (tertiary/aromatic N) is 1. The number of rotatable bonds is 4. The molecule has 0 heterocycles. The summed E-state index contributed by atoms with van der Waals surface area (Å²) < 4.78 is 4.88. The minimum absolute atomic E-state index is 0.271. The first-order valence-electron chi connectivity index (χ1n) is 4.25. The normalized spacial score (nSPS) is 11.2. The Labute approximate surface area is 92.3 Å². The van der Waals surface area contributed by atoms with Crippen LogP contribution < -0.4 is 0 Å². The average molecular weight is 228 g/mol. The van der Waals surface area contributed by atoms with Gasteiger partial charge in [-0.3, -0.25) is 10.1 Å². The molecule has 0 aliphatic heterocycles. The van der Waals surface area contributed by atoms with Gasteiger partial charge < -0.3 is 4.74 Å². The molecule has 0 saturated carbocycles. The molecule has 0 spiro atoms. The first kappa shape index (κ1) is 11.5. The summed E-state index contributed by atoms with van der Waals surface area (Å²) in [5.74, 6) is 0.271. The Balaban J connectivity index is 2.85. The van der Waals surface area contributed by atoms with Crippen molar-refractivity contribution in [1.82, 2.24) is 0 Å². The van der Waals surface area contributed by atoms with Crippen molar-refractivity contribution >= 4 is 11.6 Å². The van der Waals surface area contributed by atoms with Crippen molar-refractivity contribution in [2.75, 3.05) is 7.11 Å². The first-order chi connectivity index (χ1) is 7.13. The quantitative estimate of drug-likeness (QED) is 0.451. The van der Waals surface area contributed by atoms with Gasteiger partial charge in [0.25, 0.3) is 6.20 Å². The van der Waals surface area contributed by atoms with Crippen LogP contribution >= 0.6 is 11.6 Å². The third-order valence-corrected chi connectivity index (χ3v) is 2.20. The Hall–Kier alpha value is -1.55. The second kappa shape index (κ2) is 5.36. The van der Waals surface area contributed by atoms with Gasteiger partial charge in [-0.1, -0.05) is 29.8 Å². The van der Waals surface area contributed by atoms with Gasteiger partial charge in [0.2, 0.25) is 0 Å². The van der Waals surface area contributed by atoms with Gasteiger partial charge in [0, 0.05) is 11.4 Å². The molecule has 0 N–H and O–H groups in total. The first-order valence-corrected chi connectivity index (χ1v) is 4.63. The van der Waals surface area contributed by atoms with Crippen molar-refractivity contribution < 1.29 is 9.66 Å². The van der Waals surface area contributed by atoms with E-state index in [-0.39, 0.29) is 5.76 Å². The van der Waals surface area contributed by atoms with Gasteiger partial charge in [-0.05, 0) is 11.6 Å². The molecule has 1 aromatic carbocycles. The average Bonchev–Trinajstić information content (AvgIpc) is 2.19. The van der Waals surface area contributed by atoms with Gasteiger partial charge in [-0.2, -0.15) is 0 Å². The van der Waals surface area contributed by atoms with Crippen LogP contribution in [0.3, 0.4) is 0 Å².